The quantitative estimate of drug-likeness (QED) is 0.361. The van der Waals surface area contributed by atoms with Crippen LogP contribution in [0.1, 0.15) is 99.3 Å². The number of carbonyl (C=O) groups is 1. The highest BCUT2D eigenvalue weighted by Gasteiger charge is 2.57. The topological polar surface area (TPSA) is 46.5 Å². The van der Waals surface area contributed by atoms with Crippen LogP contribution in [-0.2, 0) is 9.53 Å². The predicted octanol–water partition coefficient (Wildman–Crippen LogP) is 6.85. The van der Waals surface area contributed by atoms with Crippen molar-refractivity contribution in [2.24, 2.45) is 40.4 Å². The molecule has 3 heteroatoms. The third kappa shape index (κ3) is 4.12. The van der Waals surface area contributed by atoms with E-state index in [2.05, 4.69) is 46.8 Å². The van der Waals surface area contributed by atoms with Gasteiger partial charge in [-0.1, -0.05) is 57.9 Å². The predicted molar refractivity (Wildman–Crippen MR) is 130 cm³/mol. The van der Waals surface area contributed by atoms with Crippen LogP contribution in [0, 0.1) is 40.4 Å². The van der Waals surface area contributed by atoms with E-state index in [0.29, 0.717) is 11.8 Å². The molecule has 32 heavy (non-hydrogen) atoms. The second-order valence-corrected chi connectivity index (χ2v) is 12.4. The zero-order valence-electron chi connectivity index (χ0n) is 21.3. The van der Waals surface area contributed by atoms with Gasteiger partial charge in [0.05, 0.1) is 6.10 Å². The average Bonchev–Trinajstić information content (AvgIpc) is 3.08. The molecule has 3 nitrogen and oxygen atoms in total. The molecule has 0 aromatic carbocycles. The summed E-state index contributed by atoms with van der Waals surface area (Å²) in [5.41, 5.74) is 3.63. The summed E-state index contributed by atoms with van der Waals surface area (Å²) in [6, 6.07) is 0. The number of esters is 1. The average molecular weight is 443 g/mol. The van der Waals surface area contributed by atoms with Gasteiger partial charge in [-0.2, -0.15) is 0 Å². The Balaban J connectivity index is 1.49. The van der Waals surface area contributed by atoms with Crippen LogP contribution in [0.4, 0.5) is 0 Å². The largest absolute Gasteiger partial charge is 0.462 e. The van der Waals surface area contributed by atoms with Gasteiger partial charge in [-0.15, -0.1) is 0 Å². The summed E-state index contributed by atoms with van der Waals surface area (Å²) >= 11 is 0. The van der Waals surface area contributed by atoms with Gasteiger partial charge in [0.1, 0.15) is 6.10 Å². The molecule has 0 heterocycles. The first-order valence-corrected chi connectivity index (χ1v) is 13.3. The van der Waals surface area contributed by atoms with Crippen molar-refractivity contribution in [1.29, 1.82) is 0 Å². The lowest BCUT2D eigenvalue weighted by Crippen LogP contribution is -2.50. The molecule has 0 spiro atoms. The van der Waals surface area contributed by atoms with Crippen molar-refractivity contribution in [2.45, 2.75) is 112 Å². The van der Waals surface area contributed by atoms with Crippen molar-refractivity contribution in [1.82, 2.24) is 0 Å². The maximum absolute atomic E-state index is 11.5. The minimum absolute atomic E-state index is 0.0742. The van der Waals surface area contributed by atoms with E-state index >= 15 is 0 Å². The zero-order valence-corrected chi connectivity index (χ0v) is 21.3. The van der Waals surface area contributed by atoms with E-state index in [1.54, 1.807) is 11.1 Å². The van der Waals surface area contributed by atoms with Gasteiger partial charge in [-0.05, 0) is 85.9 Å². The number of ether oxygens (including phenoxy) is 1. The van der Waals surface area contributed by atoms with Gasteiger partial charge in [0.25, 0.3) is 0 Å². The van der Waals surface area contributed by atoms with Gasteiger partial charge in [0, 0.05) is 19.3 Å². The normalized spacial score (nSPS) is 40.5. The van der Waals surface area contributed by atoms with Crippen LogP contribution in [0.2, 0.25) is 0 Å². The fourth-order valence-electron chi connectivity index (χ4n) is 8.23. The first-order chi connectivity index (χ1) is 15.1. The summed E-state index contributed by atoms with van der Waals surface area (Å²) in [5, 5.41) is 11.0. The number of aliphatic hydroxyl groups excluding tert-OH is 1. The zero-order chi connectivity index (χ0) is 23.3. The molecule has 8 atom stereocenters. The lowest BCUT2D eigenvalue weighted by molar-refractivity contribution is -0.148. The third-order valence-corrected chi connectivity index (χ3v) is 10.1. The van der Waals surface area contributed by atoms with Gasteiger partial charge >= 0.3 is 5.97 Å². The molecule has 0 unspecified atom stereocenters. The molecule has 180 valence electrons. The van der Waals surface area contributed by atoms with Gasteiger partial charge in [0.15, 0.2) is 0 Å². The Hall–Kier alpha value is -1.09. The standard InChI is InChI=1S/C29H46O3/c1-18(2)7-12-27(31)19(3)24-10-11-25-23-9-8-21-17-22(32-20(4)30)13-15-28(21,5)26(23)14-16-29(24,25)6/h8,10,18-19,22-23,25-27,31H,7,9,11-17H2,1-6H3/t19-,22-,23-,25-,26-,27-,28-,29+/m0/s1. The number of hydrogen-bond donors (Lipinski definition) is 1. The lowest BCUT2D eigenvalue weighted by Gasteiger charge is -2.58. The monoisotopic (exact) mass is 442 g/mol. The number of aliphatic hydroxyl groups is 1. The number of allylic oxidation sites excluding steroid dienone is 2. The molecular formula is C29H46O3. The SMILES string of the molecule is CC(=O)O[C@H]1CC[C@@]2(C)C(=CC[C@@H]3[C@@H]2CC[C@]2(C)C([C@H](C)[C@@H](O)CCC(C)C)=CC[C@@H]32)C1. The summed E-state index contributed by atoms with van der Waals surface area (Å²) in [7, 11) is 0. The number of hydrogen-bond acceptors (Lipinski definition) is 3. The van der Waals surface area contributed by atoms with Crippen LogP contribution in [0.3, 0.4) is 0 Å². The van der Waals surface area contributed by atoms with Crippen molar-refractivity contribution < 1.29 is 14.6 Å². The van der Waals surface area contributed by atoms with E-state index in [1.165, 1.54) is 32.6 Å². The Morgan fingerprint density at radius 3 is 2.47 bits per heavy atom. The Kier molecular flexibility index (Phi) is 6.71. The summed E-state index contributed by atoms with van der Waals surface area (Å²) in [6.07, 6.45) is 14.9. The van der Waals surface area contributed by atoms with Gasteiger partial charge in [-0.25, -0.2) is 0 Å². The fraction of sp³-hybridized carbons (Fsp3) is 0.828. The highest BCUT2D eigenvalue weighted by Crippen LogP contribution is 2.66. The van der Waals surface area contributed by atoms with Crippen LogP contribution >= 0.6 is 0 Å². The van der Waals surface area contributed by atoms with E-state index in [1.807, 2.05) is 0 Å². The maximum atomic E-state index is 11.5. The fourth-order valence-corrected chi connectivity index (χ4v) is 8.23. The third-order valence-electron chi connectivity index (χ3n) is 10.1. The number of fused-ring (bicyclic) bond motifs is 5. The second-order valence-electron chi connectivity index (χ2n) is 12.4. The van der Waals surface area contributed by atoms with Crippen LogP contribution in [0.5, 0.6) is 0 Å². The highest BCUT2D eigenvalue weighted by atomic mass is 16.5. The van der Waals surface area contributed by atoms with Gasteiger partial charge in [-0.3, -0.25) is 4.79 Å². The molecule has 4 aliphatic rings. The second kappa shape index (κ2) is 8.93. The minimum atomic E-state index is -0.219. The van der Waals surface area contributed by atoms with E-state index < -0.39 is 0 Å². The molecule has 0 saturated heterocycles. The Labute approximate surface area is 196 Å². The van der Waals surface area contributed by atoms with Gasteiger partial charge < -0.3 is 9.84 Å². The lowest BCUT2D eigenvalue weighted by atomic mass is 9.47. The molecule has 0 aromatic heterocycles. The van der Waals surface area contributed by atoms with E-state index in [9.17, 15) is 9.90 Å². The highest BCUT2D eigenvalue weighted by molar-refractivity contribution is 5.66. The molecule has 4 aliphatic carbocycles. The maximum Gasteiger partial charge on any atom is 0.302 e. The van der Waals surface area contributed by atoms with Crippen molar-refractivity contribution >= 4 is 5.97 Å². The van der Waals surface area contributed by atoms with Crippen LogP contribution < -0.4 is 0 Å². The molecule has 0 aromatic rings. The van der Waals surface area contributed by atoms with Crippen molar-refractivity contribution in [3.63, 3.8) is 0 Å². The molecule has 0 amide bonds. The molecule has 0 bridgehead atoms. The van der Waals surface area contributed by atoms with E-state index in [-0.39, 0.29) is 34.9 Å². The van der Waals surface area contributed by atoms with Crippen LogP contribution in [0.15, 0.2) is 23.3 Å². The number of rotatable bonds is 6. The summed E-state index contributed by atoms with van der Waals surface area (Å²) in [5.74, 6) is 2.96. The van der Waals surface area contributed by atoms with Gasteiger partial charge in [0.2, 0.25) is 0 Å². The first kappa shape index (κ1) is 24.0. The molecule has 1 N–H and O–H groups in total. The van der Waals surface area contributed by atoms with E-state index in [0.717, 1.165) is 43.9 Å². The van der Waals surface area contributed by atoms with Crippen molar-refractivity contribution in [3.8, 4) is 0 Å². The molecule has 4 rings (SSSR count). The molecule has 0 radical (unpaired) electrons. The molecule has 0 aliphatic heterocycles. The van der Waals surface area contributed by atoms with E-state index in [4.69, 9.17) is 4.74 Å². The van der Waals surface area contributed by atoms with Crippen LogP contribution in [0.25, 0.3) is 0 Å². The Morgan fingerprint density at radius 1 is 1.06 bits per heavy atom. The molecule has 2 saturated carbocycles. The smallest absolute Gasteiger partial charge is 0.302 e. The summed E-state index contributed by atoms with van der Waals surface area (Å²) < 4.78 is 5.59. The summed E-state index contributed by atoms with van der Waals surface area (Å²) in [6.45, 7) is 13.3. The molecule has 2 fully saturated rings. The Morgan fingerprint density at radius 2 is 1.78 bits per heavy atom. The molecular weight excluding hydrogens is 396 g/mol. The summed E-state index contributed by atoms with van der Waals surface area (Å²) in [4.78, 5) is 11.5. The van der Waals surface area contributed by atoms with Crippen LogP contribution in [-0.4, -0.2) is 23.3 Å². The van der Waals surface area contributed by atoms with Crippen molar-refractivity contribution in [3.05, 3.63) is 23.3 Å². The van der Waals surface area contributed by atoms with Crippen molar-refractivity contribution in [2.75, 3.05) is 0 Å². The number of carbonyl (C=O) groups excluding carboxylic acids is 1. The first-order valence-electron chi connectivity index (χ1n) is 13.3. The minimum Gasteiger partial charge on any atom is -0.462 e. The Bertz CT molecular complexity index is 779.